The molecular weight excluding hydrogens is 387 g/mol. The fraction of sp³-hybridized carbons (Fsp3) is 0.368. The van der Waals surface area contributed by atoms with Gasteiger partial charge in [-0.05, 0) is 44.7 Å². The van der Waals surface area contributed by atoms with Gasteiger partial charge in [0.05, 0.1) is 11.4 Å². The van der Waals surface area contributed by atoms with E-state index in [1.807, 2.05) is 6.92 Å². The highest BCUT2D eigenvalue weighted by Gasteiger charge is 2.32. The smallest absolute Gasteiger partial charge is 0.388 e. The lowest BCUT2D eigenvalue weighted by Gasteiger charge is -2.12. The maximum absolute atomic E-state index is 12.6. The number of nitrogens with one attached hydrogen (secondary N) is 1. The van der Waals surface area contributed by atoms with Crippen molar-refractivity contribution in [1.29, 1.82) is 0 Å². The molecule has 10 heteroatoms. The van der Waals surface area contributed by atoms with Gasteiger partial charge in [-0.1, -0.05) is 6.07 Å². The molecule has 152 valence electrons. The Labute approximate surface area is 164 Å². The Bertz CT molecular complexity index is 1080. The summed E-state index contributed by atoms with van der Waals surface area (Å²) < 4.78 is 43.0. The normalized spacial score (nSPS) is 15.3. The van der Waals surface area contributed by atoms with Gasteiger partial charge in [0.15, 0.2) is 11.3 Å². The second-order valence-corrected chi connectivity index (χ2v) is 7.08. The van der Waals surface area contributed by atoms with Crippen LogP contribution in [0.1, 0.15) is 35.9 Å². The SMILES string of the molecule is Cc1cc(-c2cccc(OC(F)(F)F)n2)nc2c(C(=O)NC(C)C3CC3)ncn12. The number of rotatable bonds is 5. The van der Waals surface area contributed by atoms with Crippen LogP contribution in [0.5, 0.6) is 5.88 Å². The summed E-state index contributed by atoms with van der Waals surface area (Å²) in [5, 5.41) is 2.93. The maximum Gasteiger partial charge on any atom is 0.574 e. The van der Waals surface area contributed by atoms with Crippen LogP contribution in [-0.4, -0.2) is 37.7 Å². The molecule has 0 aromatic carbocycles. The van der Waals surface area contributed by atoms with Gasteiger partial charge >= 0.3 is 6.36 Å². The Balaban J connectivity index is 1.69. The first-order valence-corrected chi connectivity index (χ1v) is 9.10. The van der Waals surface area contributed by atoms with Crippen LogP contribution in [0, 0.1) is 12.8 Å². The molecule has 1 atom stereocenters. The van der Waals surface area contributed by atoms with Gasteiger partial charge in [0.25, 0.3) is 5.91 Å². The molecule has 1 N–H and O–H groups in total. The molecule has 4 rings (SSSR count). The fourth-order valence-corrected chi connectivity index (χ4v) is 3.13. The standard InChI is InChI=1S/C19H18F3N5O2/c1-10-8-14(13-4-3-5-15(25-13)29-19(20,21)22)26-17-16(23-9-27(10)17)18(28)24-11(2)12-6-7-12/h3-5,8-9,11-12H,6-7H2,1-2H3,(H,24,28). The number of halogens is 3. The zero-order valence-corrected chi connectivity index (χ0v) is 15.7. The van der Waals surface area contributed by atoms with Gasteiger partial charge in [-0.15, -0.1) is 13.2 Å². The van der Waals surface area contributed by atoms with Gasteiger partial charge in [-0.2, -0.15) is 0 Å². The minimum Gasteiger partial charge on any atom is -0.388 e. The molecule has 0 radical (unpaired) electrons. The van der Waals surface area contributed by atoms with Crippen LogP contribution >= 0.6 is 0 Å². The Hall–Kier alpha value is -3.17. The Morgan fingerprint density at radius 3 is 2.72 bits per heavy atom. The minimum atomic E-state index is -4.84. The van der Waals surface area contributed by atoms with Crippen molar-refractivity contribution in [3.63, 3.8) is 0 Å². The number of amides is 1. The summed E-state index contributed by atoms with van der Waals surface area (Å²) in [6.07, 6.45) is -1.16. The summed E-state index contributed by atoms with van der Waals surface area (Å²) in [6, 6.07) is 5.72. The van der Waals surface area contributed by atoms with Crippen LogP contribution in [-0.2, 0) is 0 Å². The number of aromatic nitrogens is 4. The first-order valence-electron chi connectivity index (χ1n) is 9.10. The fourth-order valence-electron chi connectivity index (χ4n) is 3.13. The van der Waals surface area contributed by atoms with E-state index in [0.717, 1.165) is 18.9 Å². The van der Waals surface area contributed by atoms with Crippen LogP contribution in [0.4, 0.5) is 13.2 Å². The van der Waals surface area contributed by atoms with Crippen LogP contribution in [0.3, 0.4) is 0 Å². The van der Waals surface area contributed by atoms with E-state index in [4.69, 9.17) is 0 Å². The van der Waals surface area contributed by atoms with E-state index in [2.05, 4.69) is 25.0 Å². The number of fused-ring (bicyclic) bond motifs is 1. The molecule has 1 aliphatic carbocycles. The number of carbonyl (C=O) groups is 1. The monoisotopic (exact) mass is 405 g/mol. The highest BCUT2D eigenvalue weighted by molar-refractivity contribution is 5.98. The van der Waals surface area contributed by atoms with Gasteiger partial charge in [0.2, 0.25) is 5.88 Å². The lowest BCUT2D eigenvalue weighted by Crippen LogP contribution is -2.34. The van der Waals surface area contributed by atoms with E-state index in [9.17, 15) is 18.0 Å². The van der Waals surface area contributed by atoms with Crippen LogP contribution < -0.4 is 10.1 Å². The number of nitrogens with zero attached hydrogens (tertiary/aromatic N) is 4. The Morgan fingerprint density at radius 2 is 2.03 bits per heavy atom. The number of hydrogen-bond acceptors (Lipinski definition) is 5. The van der Waals surface area contributed by atoms with E-state index in [0.29, 0.717) is 23.0 Å². The summed E-state index contributed by atoms with van der Waals surface area (Å²) in [5.41, 5.74) is 1.67. The molecule has 3 aromatic rings. The minimum absolute atomic E-state index is 0.0430. The average molecular weight is 405 g/mol. The molecule has 0 bridgehead atoms. The van der Waals surface area contributed by atoms with Crippen LogP contribution in [0.25, 0.3) is 17.0 Å². The highest BCUT2D eigenvalue weighted by Crippen LogP contribution is 2.32. The lowest BCUT2D eigenvalue weighted by atomic mass is 10.2. The zero-order chi connectivity index (χ0) is 20.8. The molecule has 1 amide bonds. The third-order valence-corrected chi connectivity index (χ3v) is 4.80. The molecule has 1 saturated carbocycles. The predicted molar refractivity (Wildman–Crippen MR) is 97.3 cm³/mol. The zero-order valence-electron chi connectivity index (χ0n) is 15.7. The van der Waals surface area contributed by atoms with E-state index in [1.165, 1.54) is 18.5 Å². The number of aryl methyl sites for hydroxylation is 1. The second kappa shape index (κ2) is 7.02. The van der Waals surface area contributed by atoms with Gasteiger partial charge in [0, 0.05) is 17.8 Å². The maximum atomic E-state index is 12.6. The third-order valence-electron chi connectivity index (χ3n) is 4.80. The van der Waals surface area contributed by atoms with E-state index >= 15 is 0 Å². The molecule has 3 aromatic heterocycles. The molecule has 7 nitrogen and oxygen atoms in total. The second-order valence-electron chi connectivity index (χ2n) is 7.08. The molecule has 1 aliphatic rings. The lowest BCUT2D eigenvalue weighted by molar-refractivity contribution is -0.276. The van der Waals surface area contributed by atoms with Gasteiger partial charge in [-0.25, -0.2) is 15.0 Å². The van der Waals surface area contributed by atoms with E-state index in [-0.39, 0.29) is 23.3 Å². The van der Waals surface area contributed by atoms with Crippen molar-refractivity contribution in [3.05, 3.63) is 42.0 Å². The molecule has 29 heavy (non-hydrogen) atoms. The van der Waals surface area contributed by atoms with E-state index in [1.54, 1.807) is 17.4 Å². The number of pyridine rings is 1. The molecule has 1 unspecified atom stereocenters. The van der Waals surface area contributed by atoms with Crippen molar-refractivity contribution in [2.45, 2.75) is 39.1 Å². The predicted octanol–water partition coefficient (Wildman–Crippen LogP) is 3.53. The molecule has 3 heterocycles. The largest absolute Gasteiger partial charge is 0.574 e. The summed E-state index contributed by atoms with van der Waals surface area (Å²) in [6.45, 7) is 3.73. The van der Waals surface area contributed by atoms with Crippen molar-refractivity contribution >= 4 is 11.6 Å². The number of alkyl halides is 3. The van der Waals surface area contributed by atoms with Crippen molar-refractivity contribution in [1.82, 2.24) is 24.7 Å². The van der Waals surface area contributed by atoms with Crippen LogP contribution in [0.2, 0.25) is 0 Å². The summed E-state index contributed by atoms with van der Waals surface area (Å²) in [7, 11) is 0. The van der Waals surface area contributed by atoms with Crippen molar-refractivity contribution in [2.75, 3.05) is 0 Å². The summed E-state index contributed by atoms with van der Waals surface area (Å²) in [4.78, 5) is 25.1. The number of ether oxygens (including phenoxy) is 1. The Kier molecular flexibility index (Phi) is 4.64. The molecule has 0 spiro atoms. The van der Waals surface area contributed by atoms with Gasteiger partial charge < -0.3 is 10.1 Å². The first kappa shape index (κ1) is 19.2. The number of hydrogen-bond donors (Lipinski definition) is 1. The summed E-state index contributed by atoms with van der Waals surface area (Å²) in [5.74, 6) is -0.434. The topological polar surface area (TPSA) is 81.4 Å². The third kappa shape index (κ3) is 4.15. The van der Waals surface area contributed by atoms with Crippen molar-refractivity contribution in [2.24, 2.45) is 5.92 Å². The van der Waals surface area contributed by atoms with Gasteiger partial charge in [-0.3, -0.25) is 9.20 Å². The molecule has 0 aliphatic heterocycles. The number of imidazole rings is 1. The summed E-state index contributed by atoms with van der Waals surface area (Å²) >= 11 is 0. The average Bonchev–Trinajstić information content (AvgIpc) is 3.40. The molecule has 0 saturated heterocycles. The Morgan fingerprint density at radius 1 is 1.28 bits per heavy atom. The van der Waals surface area contributed by atoms with Crippen LogP contribution in [0.15, 0.2) is 30.6 Å². The van der Waals surface area contributed by atoms with E-state index < -0.39 is 12.2 Å². The molecular formula is C19H18F3N5O2. The first-order chi connectivity index (χ1) is 13.7. The van der Waals surface area contributed by atoms with Crippen molar-refractivity contribution in [3.8, 4) is 17.3 Å². The molecule has 1 fully saturated rings. The quantitative estimate of drug-likeness (QED) is 0.702. The highest BCUT2D eigenvalue weighted by atomic mass is 19.4. The number of carbonyl (C=O) groups excluding carboxylic acids is 1. The van der Waals surface area contributed by atoms with Crippen molar-refractivity contribution < 1.29 is 22.7 Å². The van der Waals surface area contributed by atoms with Gasteiger partial charge in [0.1, 0.15) is 6.33 Å².